The molecule has 5 nitrogen and oxygen atoms in total. The van der Waals surface area contributed by atoms with Crippen molar-refractivity contribution in [2.75, 3.05) is 38.3 Å². The quantitative estimate of drug-likeness (QED) is 0.940. The van der Waals surface area contributed by atoms with Crippen LogP contribution in [0.25, 0.3) is 5.82 Å². The molecule has 0 amide bonds. The van der Waals surface area contributed by atoms with Gasteiger partial charge < -0.3 is 19.5 Å². The third kappa shape index (κ3) is 3.26. The maximum atomic E-state index is 5.28. The van der Waals surface area contributed by atoms with Gasteiger partial charge in [-0.15, -0.1) is 0 Å². The van der Waals surface area contributed by atoms with E-state index < -0.39 is 0 Å². The zero-order valence-electron chi connectivity index (χ0n) is 14.5. The summed E-state index contributed by atoms with van der Waals surface area (Å²) in [4.78, 5) is 7.12. The van der Waals surface area contributed by atoms with Crippen LogP contribution in [0.4, 0.5) is 5.69 Å². The molecule has 0 aromatic carbocycles. The number of hydrogen-bond donors (Lipinski definition) is 1. The Morgan fingerprint density at radius 1 is 1.26 bits per heavy atom. The number of nitrogens with one attached hydrogen (secondary N) is 1. The van der Waals surface area contributed by atoms with E-state index >= 15 is 0 Å². The Hall–Kier alpha value is -1.85. The van der Waals surface area contributed by atoms with E-state index in [2.05, 4.69) is 53.8 Å². The number of piperazine rings is 1. The van der Waals surface area contributed by atoms with Crippen molar-refractivity contribution in [3.8, 4) is 5.82 Å². The Bertz CT molecular complexity index is 658. The highest BCUT2D eigenvalue weighted by molar-refractivity contribution is 5.55. The standard InChI is InChI=1S/C18H26N4O/c1-13-9-18(22-14(2)5-6-15(22)3)20-10-17(13)21-8-7-19-16(11-21)12-23-4/h5-6,9-10,16,19H,7-8,11-12H2,1-4H3. The first-order valence-corrected chi connectivity index (χ1v) is 8.19. The summed E-state index contributed by atoms with van der Waals surface area (Å²) in [5.74, 6) is 0.995. The number of nitrogens with zero attached hydrogens (tertiary/aromatic N) is 3. The van der Waals surface area contributed by atoms with Gasteiger partial charge in [0.25, 0.3) is 0 Å². The van der Waals surface area contributed by atoms with Crippen molar-refractivity contribution < 1.29 is 4.74 Å². The molecule has 3 heterocycles. The van der Waals surface area contributed by atoms with Crippen molar-refractivity contribution in [3.63, 3.8) is 0 Å². The fraction of sp³-hybridized carbons (Fsp3) is 0.500. The molecule has 1 aliphatic heterocycles. The first-order valence-electron chi connectivity index (χ1n) is 8.19. The molecule has 1 N–H and O–H groups in total. The van der Waals surface area contributed by atoms with Crippen LogP contribution >= 0.6 is 0 Å². The summed E-state index contributed by atoms with van der Waals surface area (Å²) in [6.07, 6.45) is 2.01. The van der Waals surface area contributed by atoms with Gasteiger partial charge in [0.2, 0.25) is 0 Å². The summed E-state index contributed by atoms with van der Waals surface area (Å²) in [5, 5.41) is 3.50. The van der Waals surface area contributed by atoms with Crippen LogP contribution < -0.4 is 10.2 Å². The molecule has 3 rings (SSSR count). The van der Waals surface area contributed by atoms with Crippen molar-refractivity contribution in [2.45, 2.75) is 26.8 Å². The number of methoxy groups -OCH3 is 1. The zero-order valence-corrected chi connectivity index (χ0v) is 14.5. The van der Waals surface area contributed by atoms with Crippen LogP contribution in [0.1, 0.15) is 17.0 Å². The zero-order chi connectivity index (χ0) is 16.4. The van der Waals surface area contributed by atoms with E-state index in [4.69, 9.17) is 9.72 Å². The first-order chi connectivity index (χ1) is 11.1. The molecule has 1 unspecified atom stereocenters. The van der Waals surface area contributed by atoms with Gasteiger partial charge in [-0.1, -0.05) is 0 Å². The molecule has 23 heavy (non-hydrogen) atoms. The summed E-state index contributed by atoms with van der Waals surface area (Å²) in [6, 6.07) is 6.82. The molecule has 5 heteroatoms. The third-order valence-corrected chi connectivity index (χ3v) is 4.53. The Morgan fingerprint density at radius 3 is 2.65 bits per heavy atom. The Morgan fingerprint density at radius 2 is 2.00 bits per heavy atom. The SMILES string of the molecule is COCC1CN(c2cnc(-n3c(C)ccc3C)cc2C)CCN1. The molecule has 0 aliphatic carbocycles. The number of ether oxygens (including phenoxy) is 1. The van der Waals surface area contributed by atoms with E-state index in [1.54, 1.807) is 7.11 Å². The summed E-state index contributed by atoms with van der Waals surface area (Å²) < 4.78 is 7.48. The van der Waals surface area contributed by atoms with Crippen LogP contribution in [0.15, 0.2) is 24.4 Å². The van der Waals surface area contributed by atoms with Gasteiger partial charge in [0.1, 0.15) is 5.82 Å². The second-order valence-corrected chi connectivity index (χ2v) is 6.33. The monoisotopic (exact) mass is 314 g/mol. The summed E-state index contributed by atoms with van der Waals surface area (Å²) >= 11 is 0. The second-order valence-electron chi connectivity index (χ2n) is 6.33. The van der Waals surface area contributed by atoms with E-state index in [9.17, 15) is 0 Å². The highest BCUT2D eigenvalue weighted by atomic mass is 16.5. The minimum atomic E-state index is 0.377. The molecule has 1 saturated heterocycles. The highest BCUT2D eigenvalue weighted by Gasteiger charge is 2.21. The number of rotatable bonds is 4. The van der Waals surface area contributed by atoms with E-state index in [0.29, 0.717) is 6.04 Å². The molecule has 0 saturated carbocycles. The lowest BCUT2D eigenvalue weighted by molar-refractivity contribution is 0.163. The lowest BCUT2D eigenvalue weighted by atomic mass is 10.1. The second kappa shape index (κ2) is 6.72. The van der Waals surface area contributed by atoms with Gasteiger partial charge in [0, 0.05) is 44.2 Å². The van der Waals surface area contributed by atoms with Crippen LogP contribution in [-0.2, 0) is 4.74 Å². The fourth-order valence-corrected chi connectivity index (χ4v) is 3.37. The number of anilines is 1. The number of pyridine rings is 1. The molecule has 0 radical (unpaired) electrons. The average Bonchev–Trinajstić information content (AvgIpc) is 2.87. The molecule has 124 valence electrons. The molecule has 0 bridgehead atoms. The summed E-state index contributed by atoms with van der Waals surface area (Å²) in [5.41, 5.74) is 4.91. The van der Waals surface area contributed by atoms with Gasteiger partial charge in [-0.3, -0.25) is 0 Å². The molecule has 1 atom stereocenters. The van der Waals surface area contributed by atoms with Crippen molar-refractivity contribution in [1.82, 2.24) is 14.9 Å². The topological polar surface area (TPSA) is 42.3 Å². The summed E-state index contributed by atoms with van der Waals surface area (Å²) in [6.45, 7) is 10.1. The highest BCUT2D eigenvalue weighted by Crippen LogP contribution is 2.24. The first kappa shape index (κ1) is 16.0. The minimum Gasteiger partial charge on any atom is -0.383 e. The van der Waals surface area contributed by atoms with Crippen LogP contribution in [0.3, 0.4) is 0 Å². The largest absolute Gasteiger partial charge is 0.383 e. The smallest absolute Gasteiger partial charge is 0.137 e. The van der Waals surface area contributed by atoms with E-state index in [0.717, 1.165) is 32.1 Å². The van der Waals surface area contributed by atoms with E-state index in [-0.39, 0.29) is 0 Å². The van der Waals surface area contributed by atoms with Crippen molar-refractivity contribution in [1.29, 1.82) is 0 Å². The van der Waals surface area contributed by atoms with Gasteiger partial charge >= 0.3 is 0 Å². The van der Waals surface area contributed by atoms with Gasteiger partial charge in [0.15, 0.2) is 0 Å². The Balaban J connectivity index is 1.85. The third-order valence-electron chi connectivity index (χ3n) is 4.53. The van der Waals surface area contributed by atoms with Gasteiger partial charge in [-0.25, -0.2) is 4.98 Å². The van der Waals surface area contributed by atoms with Crippen molar-refractivity contribution in [3.05, 3.63) is 41.3 Å². The molecule has 1 fully saturated rings. The molecular weight excluding hydrogens is 288 g/mol. The molecule has 1 aliphatic rings. The number of hydrogen-bond acceptors (Lipinski definition) is 4. The normalized spacial score (nSPS) is 18.4. The molecule has 2 aromatic heterocycles. The van der Waals surface area contributed by atoms with Crippen LogP contribution in [0.2, 0.25) is 0 Å². The lowest BCUT2D eigenvalue weighted by Gasteiger charge is -2.35. The van der Waals surface area contributed by atoms with Crippen molar-refractivity contribution in [2.24, 2.45) is 0 Å². The molecule has 2 aromatic rings. The Labute approximate surface area is 138 Å². The average molecular weight is 314 g/mol. The maximum absolute atomic E-state index is 5.28. The van der Waals surface area contributed by atoms with Gasteiger partial charge in [-0.05, 0) is 44.5 Å². The number of aryl methyl sites for hydroxylation is 3. The van der Waals surface area contributed by atoms with E-state index in [1.807, 2.05) is 6.20 Å². The Kier molecular flexibility index (Phi) is 4.68. The van der Waals surface area contributed by atoms with Gasteiger partial charge in [0.05, 0.1) is 18.5 Å². The molecule has 0 spiro atoms. The van der Waals surface area contributed by atoms with Crippen LogP contribution in [-0.4, -0.2) is 48.9 Å². The van der Waals surface area contributed by atoms with Crippen LogP contribution in [0.5, 0.6) is 0 Å². The van der Waals surface area contributed by atoms with E-state index in [1.165, 1.54) is 22.6 Å². The molecular formula is C18H26N4O. The number of aromatic nitrogens is 2. The predicted octanol–water partition coefficient (Wildman–Crippen LogP) is 2.22. The summed E-state index contributed by atoms with van der Waals surface area (Å²) in [7, 11) is 1.75. The fourth-order valence-electron chi connectivity index (χ4n) is 3.37. The van der Waals surface area contributed by atoms with Crippen molar-refractivity contribution >= 4 is 5.69 Å². The maximum Gasteiger partial charge on any atom is 0.137 e. The lowest BCUT2D eigenvalue weighted by Crippen LogP contribution is -2.52. The van der Waals surface area contributed by atoms with Gasteiger partial charge in [-0.2, -0.15) is 0 Å². The minimum absolute atomic E-state index is 0.377. The predicted molar refractivity (Wildman–Crippen MR) is 93.7 cm³/mol. The van der Waals surface area contributed by atoms with Crippen LogP contribution in [0, 0.1) is 20.8 Å².